The molecule has 1 aromatic rings. The summed E-state index contributed by atoms with van der Waals surface area (Å²) in [6.07, 6.45) is 1.56. The number of piperidine rings is 1. The number of ether oxygens (including phenoxy) is 2. The SMILES string of the molecule is O=C(CC1COCCN1)NC1CCCN(c2ccc(OC(F)F)cc2)C1=O. The van der Waals surface area contributed by atoms with Gasteiger partial charge >= 0.3 is 6.61 Å². The number of alkyl halides is 2. The molecule has 0 bridgehead atoms. The summed E-state index contributed by atoms with van der Waals surface area (Å²) in [5.74, 6) is -0.367. The molecule has 1 aromatic carbocycles. The smallest absolute Gasteiger partial charge is 0.387 e. The molecule has 9 heteroatoms. The Kier molecular flexibility index (Phi) is 6.57. The first-order valence-electron chi connectivity index (χ1n) is 8.99. The van der Waals surface area contributed by atoms with Crippen LogP contribution < -0.4 is 20.3 Å². The van der Waals surface area contributed by atoms with Crippen LogP contribution in [0.4, 0.5) is 14.5 Å². The van der Waals surface area contributed by atoms with Gasteiger partial charge in [-0.15, -0.1) is 0 Å². The van der Waals surface area contributed by atoms with E-state index in [4.69, 9.17) is 4.74 Å². The van der Waals surface area contributed by atoms with Crippen LogP contribution in [-0.2, 0) is 14.3 Å². The largest absolute Gasteiger partial charge is 0.435 e. The first-order valence-corrected chi connectivity index (χ1v) is 8.99. The van der Waals surface area contributed by atoms with Crippen LogP contribution in [0.2, 0.25) is 0 Å². The summed E-state index contributed by atoms with van der Waals surface area (Å²) < 4.78 is 34.1. The molecule has 27 heavy (non-hydrogen) atoms. The van der Waals surface area contributed by atoms with Crippen LogP contribution >= 0.6 is 0 Å². The molecule has 2 fully saturated rings. The molecule has 0 radical (unpaired) electrons. The maximum Gasteiger partial charge on any atom is 0.387 e. The lowest BCUT2D eigenvalue weighted by Gasteiger charge is -2.33. The molecular formula is C18H23F2N3O4. The van der Waals surface area contributed by atoms with Crippen molar-refractivity contribution in [1.82, 2.24) is 10.6 Å². The van der Waals surface area contributed by atoms with Gasteiger partial charge in [0.25, 0.3) is 0 Å². The van der Waals surface area contributed by atoms with Gasteiger partial charge in [-0.25, -0.2) is 0 Å². The van der Waals surface area contributed by atoms with E-state index in [-0.39, 0.29) is 30.0 Å². The van der Waals surface area contributed by atoms with Gasteiger partial charge in [0.15, 0.2) is 0 Å². The van der Waals surface area contributed by atoms with Gasteiger partial charge in [-0.1, -0.05) is 0 Å². The molecule has 2 N–H and O–H groups in total. The average molecular weight is 383 g/mol. The lowest BCUT2D eigenvalue weighted by molar-refractivity contribution is -0.129. The molecule has 0 spiro atoms. The monoisotopic (exact) mass is 383 g/mol. The van der Waals surface area contributed by atoms with E-state index in [9.17, 15) is 18.4 Å². The zero-order valence-corrected chi connectivity index (χ0v) is 14.8. The van der Waals surface area contributed by atoms with Crippen molar-refractivity contribution in [3.63, 3.8) is 0 Å². The molecule has 3 rings (SSSR count). The molecule has 2 amide bonds. The summed E-state index contributed by atoms with van der Waals surface area (Å²) in [5, 5.41) is 6.01. The standard InChI is InChI=1S/C18H23F2N3O4/c19-18(20)27-14-5-3-13(4-6-14)23-8-1-2-15(17(23)25)22-16(24)10-12-11-26-9-7-21-12/h3-6,12,15,18,21H,1-2,7-11H2,(H,22,24). The van der Waals surface area contributed by atoms with Gasteiger partial charge < -0.3 is 25.0 Å². The summed E-state index contributed by atoms with van der Waals surface area (Å²) in [4.78, 5) is 26.5. The molecule has 2 aliphatic rings. The third-order valence-electron chi connectivity index (χ3n) is 4.58. The molecule has 2 atom stereocenters. The number of nitrogens with one attached hydrogen (secondary N) is 2. The minimum atomic E-state index is -2.89. The number of morpholine rings is 1. The van der Waals surface area contributed by atoms with Crippen LogP contribution in [0.15, 0.2) is 24.3 Å². The Morgan fingerprint density at radius 2 is 2.15 bits per heavy atom. The Morgan fingerprint density at radius 1 is 1.37 bits per heavy atom. The van der Waals surface area contributed by atoms with Crippen molar-refractivity contribution in [1.29, 1.82) is 0 Å². The highest BCUT2D eigenvalue weighted by atomic mass is 19.3. The molecule has 2 unspecified atom stereocenters. The van der Waals surface area contributed by atoms with Crippen LogP contribution in [0.25, 0.3) is 0 Å². The van der Waals surface area contributed by atoms with Gasteiger partial charge in [-0.3, -0.25) is 9.59 Å². The van der Waals surface area contributed by atoms with E-state index in [1.165, 1.54) is 12.1 Å². The summed E-state index contributed by atoms with van der Waals surface area (Å²) >= 11 is 0. The Morgan fingerprint density at radius 3 is 2.81 bits per heavy atom. The van der Waals surface area contributed by atoms with E-state index in [0.29, 0.717) is 38.4 Å². The zero-order chi connectivity index (χ0) is 19.2. The van der Waals surface area contributed by atoms with Crippen LogP contribution in [-0.4, -0.2) is 56.8 Å². The van der Waals surface area contributed by atoms with E-state index in [0.717, 1.165) is 6.42 Å². The van der Waals surface area contributed by atoms with Gasteiger partial charge in [0.1, 0.15) is 11.8 Å². The Hall–Kier alpha value is -2.26. The molecule has 2 saturated heterocycles. The molecule has 2 aliphatic heterocycles. The Balaban J connectivity index is 1.57. The predicted molar refractivity (Wildman–Crippen MR) is 93.8 cm³/mol. The van der Waals surface area contributed by atoms with E-state index in [2.05, 4.69) is 15.4 Å². The molecule has 2 heterocycles. The van der Waals surface area contributed by atoms with Crippen molar-refractivity contribution in [2.45, 2.75) is 38.0 Å². The maximum atomic E-state index is 12.7. The summed E-state index contributed by atoms with van der Waals surface area (Å²) in [6.45, 7) is -0.561. The zero-order valence-electron chi connectivity index (χ0n) is 14.8. The van der Waals surface area contributed by atoms with Crippen LogP contribution in [0.1, 0.15) is 19.3 Å². The lowest BCUT2D eigenvalue weighted by atomic mass is 10.0. The van der Waals surface area contributed by atoms with E-state index < -0.39 is 12.7 Å². The number of benzene rings is 1. The number of anilines is 1. The number of halogens is 2. The Labute approximate surface area is 156 Å². The Bertz CT molecular complexity index is 651. The molecule has 7 nitrogen and oxygen atoms in total. The van der Waals surface area contributed by atoms with E-state index >= 15 is 0 Å². The highest BCUT2D eigenvalue weighted by Gasteiger charge is 2.31. The minimum Gasteiger partial charge on any atom is -0.435 e. The highest BCUT2D eigenvalue weighted by Crippen LogP contribution is 2.24. The van der Waals surface area contributed by atoms with Gasteiger partial charge in [0.2, 0.25) is 11.8 Å². The minimum absolute atomic E-state index is 0.0327. The van der Waals surface area contributed by atoms with Crippen molar-refractivity contribution in [3.05, 3.63) is 24.3 Å². The fraction of sp³-hybridized carbons (Fsp3) is 0.556. The maximum absolute atomic E-state index is 12.7. The molecule has 0 aliphatic carbocycles. The second-order valence-electron chi connectivity index (χ2n) is 6.55. The highest BCUT2D eigenvalue weighted by molar-refractivity contribution is 6.00. The molecule has 148 valence electrons. The third kappa shape index (κ3) is 5.36. The number of amides is 2. The quantitative estimate of drug-likeness (QED) is 0.774. The average Bonchev–Trinajstić information content (AvgIpc) is 2.65. The number of hydrogen-bond donors (Lipinski definition) is 2. The first kappa shape index (κ1) is 19.5. The van der Waals surface area contributed by atoms with Crippen molar-refractivity contribution < 1.29 is 27.8 Å². The van der Waals surface area contributed by atoms with Crippen molar-refractivity contribution in [2.75, 3.05) is 31.2 Å². The predicted octanol–water partition coefficient (Wildman–Crippen LogP) is 1.28. The molecular weight excluding hydrogens is 360 g/mol. The number of hydrogen-bond acceptors (Lipinski definition) is 5. The second kappa shape index (κ2) is 9.09. The summed E-state index contributed by atoms with van der Waals surface area (Å²) in [6, 6.07) is 5.27. The van der Waals surface area contributed by atoms with Gasteiger partial charge in [-0.2, -0.15) is 8.78 Å². The topological polar surface area (TPSA) is 79.9 Å². The normalized spacial score (nSPS) is 23.4. The molecule has 0 aromatic heterocycles. The second-order valence-corrected chi connectivity index (χ2v) is 6.55. The summed E-state index contributed by atoms with van der Waals surface area (Å²) in [5.41, 5.74) is 0.586. The van der Waals surface area contributed by atoms with Gasteiger partial charge in [0.05, 0.1) is 13.2 Å². The summed E-state index contributed by atoms with van der Waals surface area (Å²) in [7, 11) is 0. The first-order chi connectivity index (χ1) is 13.0. The number of carbonyl (C=O) groups excluding carboxylic acids is 2. The van der Waals surface area contributed by atoms with E-state index in [1.54, 1.807) is 17.0 Å². The fourth-order valence-electron chi connectivity index (χ4n) is 3.30. The van der Waals surface area contributed by atoms with E-state index in [1.807, 2.05) is 0 Å². The lowest BCUT2D eigenvalue weighted by Crippen LogP contribution is -2.53. The molecule has 0 saturated carbocycles. The number of carbonyl (C=O) groups is 2. The van der Waals surface area contributed by atoms with Crippen molar-refractivity contribution >= 4 is 17.5 Å². The van der Waals surface area contributed by atoms with Crippen molar-refractivity contribution in [3.8, 4) is 5.75 Å². The third-order valence-corrected chi connectivity index (χ3v) is 4.58. The van der Waals surface area contributed by atoms with Gasteiger partial charge in [0, 0.05) is 31.2 Å². The van der Waals surface area contributed by atoms with Crippen LogP contribution in [0.3, 0.4) is 0 Å². The van der Waals surface area contributed by atoms with Crippen LogP contribution in [0, 0.1) is 0 Å². The van der Waals surface area contributed by atoms with Crippen LogP contribution in [0.5, 0.6) is 5.75 Å². The van der Waals surface area contributed by atoms with Crippen molar-refractivity contribution in [2.24, 2.45) is 0 Å². The fourth-order valence-corrected chi connectivity index (χ4v) is 3.30. The number of rotatable bonds is 6. The van der Waals surface area contributed by atoms with Gasteiger partial charge in [-0.05, 0) is 37.1 Å². The number of nitrogens with zero attached hydrogens (tertiary/aromatic N) is 1.